The lowest BCUT2D eigenvalue weighted by Gasteiger charge is -2.06. The van der Waals surface area contributed by atoms with Crippen LogP contribution in [0.2, 0.25) is 0 Å². The second-order valence-electron chi connectivity index (χ2n) is 4.82. The van der Waals surface area contributed by atoms with Crippen LogP contribution in [0.1, 0.15) is 55.3 Å². The molecule has 4 heteroatoms. The fourth-order valence-corrected chi connectivity index (χ4v) is 2.37. The first-order chi connectivity index (χ1) is 9.75. The minimum Gasteiger partial charge on any atom is -0.507 e. The van der Waals surface area contributed by atoms with Crippen molar-refractivity contribution in [2.45, 2.75) is 44.9 Å². The predicted octanol–water partition coefficient (Wildman–Crippen LogP) is 4.67. The Balaban J connectivity index is 2.04. The summed E-state index contributed by atoms with van der Waals surface area (Å²) in [6.45, 7) is 0.425. The van der Waals surface area contributed by atoms with Gasteiger partial charge < -0.3 is 9.84 Å². The summed E-state index contributed by atoms with van der Waals surface area (Å²) in [5.74, 6) is -0.468. The monoisotopic (exact) mass is 342 g/mol. The van der Waals surface area contributed by atoms with E-state index < -0.39 is 5.97 Å². The number of aromatic hydroxyl groups is 1. The third kappa shape index (κ3) is 6.94. The second kappa shape index (κ2) is 10.7. The number of esters is 1. The minimum atomic E-state index is -0.444. The number of phenols is 1. The van der Waals surface area contributed by atoms with Crippen LogP contribution in [0, 0.1) is 0 Å². The van der Waals surface area contributed by atoms with E-state index in [0.717, 1.165) is 18.2 Å². The molecular formula is C16H23BrO3. The molecule has 0 aliphatic carbocycles. The third-order valence-corrected chi connectivity index (χ3v) is 3.70. The Morgan fingerprint density at radius 3 is 2.25 bits per heavy atom. The fourth-order valence-electron chi connectivity index (χ4n) is 1.97. The van der Waals surface area contributed by atoms with Crippen molar-refractivity contribution in [3.8, 4) is 5.75 Å². The molecule has 0 saturated heterocycles. The van der Waals surface area contributed by atoms with Gasteiger partial charge in [0.15, 0.2) is 0 Å². The van der Waals surface area contributed by atoms with Crippen LogP contribution in [0.4, 0.5) is 0 Å². The smallest absolute Gasteiger partial charge is 0.341 e. The van der Waals surface area contributed by atoms with Gasteiger partial charge in [-0.25, -0.2) is 4.79 Å². The molecule has 0 spiro atoms. The number of halogens is 1. The van der Waals surface area contributed by atoms with Gasteiger partial charge in [-0.15, -0.1) is 0 Å². The van der Waals surface area contributed by atoms with E-state index in [0.29, 0.717) is 6.61 Å². The van der Waals surface area contributed by atoms with Crippen molar-refractivity contribution in [1.82, 2.24) is 0 Å². The van der Waals surface area contributed by atoms with Crippen LogP contribution < -0.4 is 0 Å². The molecule has 20 heavy (non-hydrogen) atoms. The topological polar surface area (TPSA) is 46.5 Å². The molecular weight excluding hydrogens is 320 g/mol. The second-order valence-corrected chi connectivity index (χ2v) is 5.61. The molecule has 1 N–H and O–H groups in total. The van der Waals surface area contributed by atoms with Crippen LogP contribution in [0.25, 0.3) is 0 Å². The highest BCUT2D eigenvalue weighted by Crippen LogP contribution is 2.16. The number of unbranched alkanes of at least 4 members (excludes halogenated alkanes) is 6. The normalized spacial score (nSPS) is 10.4. The largest absolute Gasteiger partial charge is 0.507 e. The van der Waals surface area contributed by atoms with E-state index >= 15 is 0 Å². The third-order valence-electron chi connectivity index (χ3n) is 3.14. The number of rotatable bonds is 10. The SMILES string of the molecule is O=C(OCCCCCCCCCBr)c1ccccc1O. The maximum Gasteiger partial charge on any atom is 0.341 e. The molecule has 3 nitrogen and oxygen atoms in total. The van der Waals surface area contributed by atoms with Gasteiger partial charge in [-0.3, -0.25) is 0 Å². The molecule has 1 aromatic carbocycles. The number of ether oxygens (including phenoxy) is 1. The molecule has 0 fully saturated rings. The quantitative estimate of drug-likeness (QED) is 0.381. The van der Waals surface area contributed by atoms with Crippen molar-refractivity contribution in [3.05, 3.63) is 29.8 Å². The summed E-state index contributed by atoms with van der Waals surface area (Å²) in [5, 5.41) is 10.6. The highest BCUT2D eigenvalue weighted by atomic mass is 79.9. The van der Waals surface area contributed by atoms with E-state index in [1.54, 1.807) is 18.2 Å². The Bertz CT molecular complexity index is 393. The summed E-state index contributed by atoms with van der Waals surface area (Å²) in [7, 11) is 0. The van der Waals surface area contributed by atoms with Gasteiger partial charge >= 0.3 is 5.97 Å². The molecule has 0 atom stereocenters. The van der Waals surface area contributed by atoms with Gasteiger partial charge in [0, 0.05) is 5.33 Å². The summed E-state index contributed by atoms with van der Waals surface area (Å²) in [6, 6.07) is 6.45. The number of carbonyl (C=O) groups is 1. The fraction of sp³-hybridized carbons (Fsp3) is 0.562. The number of phenolic OH excluding ortho intramolecular Hbond substituents is 1. The van der Waals surface area contributed by atoms with E-state index in [1.165, 1.54) is 38.2 Å². The highest BCUT2D eigenvalue weighted by molar-refractivity contribution is 9.09. The number of hydrogen-bond donors (Lipinski definition) is 1. The van der Waals surface area contributed by atoms with Crippen LogP contribution in [0.15, 0.2) is 24.3 Å². The van der Waals surface area contributed by atoms with E-state index in [9.17, 15) is 9.90 Å². The average molecular weight is 343 g/mol. The lowest BCUT2D eigenvalue weighted by molar-refractivity contribution is 0.0494. The van der Waals surface area contributed by atoms with Gasteiger partial charge in [-0.1, -0.05) is 60.2 Å². The number of carbonyl (C=O) groups excluding carboxylic acids is 1. The Kier molecular flexibility index (Phi) is 9.13. The van der Waals surface area contributed by atoms with Gasteiger partial charge in [0.1, 0.15) is 11.3 Å². The van der Waals surface area contributed by atoms with E-state index in [2.05, 4.69) is 15.9 Å². The first-order valence-corrected chi connectivity index (χ1v) is 8.39. The van der Waals surface area contributed by atoms with E-state index in [-0.39, 0.29) is 11.3 Å². The van der Waals surface area contributed by atoms with Crippen molar-refractivity contribution in [2.75, 3.05) is 11.9 Å². The molecule has 1 rings (SSSR count). The van der Waals surface area contributed by atoms with Crippen LogP contribution in [-0.4, -0.2) is 23.0 Å². The molecule has 0 radical (unpaired) electrons. The van der Waals surface area contributed by atoms with E-state index in [4.69, 9.17) is 4.74 Å². The Morgan fingerprint density at radius 2 is 1.60 bits per heavy atom. The van der Waals surface area contributed by atoms with Gasteiger partial charge in [0.05, 0.1) is 6.61 Å². The van der Waals surface area contributed by atoms with Crippen molar-refractivity contribution in [2.24, 2.45) is 0 Å². The Morgan fingerprint density at radius 1 is 1.00 bits per heavy atom. The number of benzene rings is 1. The average Bonchev–Trinajstić information content (AvgIpc) is 2.46. The Hall–Kier alpha value is -1.03. The van der Waals surface area contributed by atoms with Gasteiger partial charge in [-0.2, -0.15) is 0 Å². The maximum atomic E-state index is 11.7. The molecule has 0 unspecified atom stereocenters. The molecule has 0 saturated carbocycles. The van der Waals surface area contributed by atoms with E-state index in [1.807, 2.05) is 0 Å². The van der Waals surface area contributed by atoms with Crippen molar-refractivity contribution in [3.63, 3.8) is 0 Å². The number of para-hydroxylation sites is 1. The highest BCUT2D eigenvalue weighted by Gasteiger charge is 2.10. The summed E-state index contributed by atoms with van der Waals surface area (Å²) >= 11 is 3.42. The molecule has 0 bridgehead atoms. The first kappa shape index (κ1) is 17.0. The van der Waals surface area contributed by atoms with Crippen LogP contribution >= 0.6 is 15.9 Å². The van der Waals surface area contributed by atoms with Crippen LogP contribution in [-0.2, 0) is 4.74 Å². The predicted molar refractivity (Wildman–Crippen MR) is 84.5 cm³/mol. The zero-order chi connectivity index (χ0) is 14.6. The lowest BCUT2D eigenvalue weighted by atomic mass is 10.1. The lowest BCUT2D eigenvalue weighted by Crippen LogP contribution is -2.06. The van der Waals surface area contributed by atoms with Gasteiger partial charge in [0.2, 0.25) is 0 Å². The van der Waals surface area contributed by atoms with Gasteiger partial charge in [-0.05, 0) is 25.0 Å². The zero-order valence-electron chi connectivity index (χ0n) is 11.8. The van der Waals surface area contributed by atoms with Crippen LogP contribution in [0.3, 0.4) is 0 Å². The molecule has 0 aliphatic heterocycles. The van der Waals surface area contributed by atoms with Gasteiger partial charge in [0.25, 0.3) is 0 Å². The summed E-state index contributed by atoms with van der Waals surface area (Å²) < 4.78 is 5.15. The molecule has 0 aromatic heterocycles. The van der Waals surface area contributed by atoms with Crippen LogP contribution in [0.5, 0.6) is 5.75 Å². The minimum absolute atomic E-state index is 0.0238. The number of alkyl halides is 1. The molecule has 0 aliphatic rings. The van der Waals surface area contributed by atoms with Crippen molar-refractivity contribution < 1.29 is 14.6 Å². The first-order valence-electron chi connectivity index (χ1n) is 7.27. The summed E-state index contributed by atoms with van der Waals surface area (Å²) in [5.41, 5.74) is 0.238. The summed E-state index contributed by atoms with van der Waals surface area (Å²) in [6.07, 6.45) is 8.23. The number of hydrogen-bond acceptors (Lipinski definition) is 3. The van der Waals surface area contributed by atoms with Crippen molar-refractivity contribution >= 4 is 21.9 Å². The zero-order valence-corrected chi connectivity index (χ0v) is 13.4. The Labute approximate surface area is 129 Å². The van der Waals surface area contributed by atoms with Crippen molar-refractivity contribution in [1.29, 1.82) is 0 Å². The maximum absolute atomic E-state index is 11.7. The molecule has 1 aromatic rings. The molecule has 0 heterocycles. The molecule has 112 valence electrons. The summed E-state index contributed by atoms with van der Waals surface area (Å²) in [4.78, 5) is 11.7. The standard InChI is InChI=1S/C16H23BrO3/c17-12-8-4-2-1-3-5-9-13-20-16(19)14-10-6-7-11-15(14)18/h6-7,10-11,18H,1-5,8-9,12-13H2. The molecule has 0 amide bonds.